The van der Waals surface area contributed by atoms with E-state index in [0.29, 0.717) is 0 Å². The molecule has 0 aromatic carbocycles. The van der Waals surface area contributed by atoms with Crippen molar-refractivity contribution < 1.29 is 4.79 Å². The maximum absolute atomic E-state index is 10.4. The van der Waals surface area contributed by atoms with Gasteiger partial charge in [0.1, 0.15) is 6.29 Å². The van der Waals surface area contributed by atoms with Crippen LogP contribution in [0.4, 0.5) is 0 Å². The van der Waals surface area contributed by atoms with Crippen LogP contribution in [0.2, 0.25) is 0 Å². The number of aryl methyl sites for hydroxylation is 1. The summed E-state index contributed by atoms with van der Waals surface area (Å²) in [5.41, 5.74) is 2.85. The van der Waals surface area contributed by atoms with E-state index in [-0.39, 0.29) is 5.92 Å². The molecule has 0 bridgehead atoms. The second-order valence-electron chi connectivity index (χ2n) is 2.44. The molecule has 2 nitrogen and oxygen atoms in total. The largest absolute Gasteiger partial charge is 0.303 e. The lowest BCUT2D eigenvalue weighted by Gasteiger charge is -1.93. The van der Waals surface area contributed by atoms with Crippen molar-refractivity contribution in [1.29, 1.82) is 0 Å². The minimum atomic E-state index is 0.0984. The molecule has 1 aliphatic carbocycles. The first-order chi connectivity index (χ1) is 4.92. The zero-order valence-electron chi connectivity index (χ0n) is 5.41. The third kappa shape index (κ3) is 0.703. The highest BCUT2D eigenvalue weighted by Gasteiger charge is 2.23. The fourth-order valence-electron chi connectivity index (χ4n) is 1.32. The maximum atomic E-state index is 10.4. The highest BCUT2D eigenvalue weighted by atomic mass is 32.1. The fourth-order valence-corrected chi connectivity index (χ4v) is 2.18. The first-order valence-electron chi connectivity index (χ1n) is 3.29. The highest BCUT2D eigenvalue weighted by Crippen LogP contribution is 2.32. The topological polar surface area (TPSA) is 30.0 Å². The molecule has 0 spiro atoms. The minimum Gasteiger partial charge on any atom is -0.303 e. The number of fused-ring (bicyclic) bond motifs is 1. The molecule has 52 valence electrons. The Bertz CT molecular complexity index is 256. The van der Waals surface area contributed by atoms with Crippen LogP contribution in [-0.2, 0) is 11.2 Å². The lowest BCUT2D eigenvalue weighted by atomic mass is 10.1. The number of hydrogen-bond donors (Lipinski definition) is 0. The molecule has 2 rings (SSSR count). The Labute approximate surface area is 62.9 Å². The minimum absolute atomic E-state index is 0.0984. The van der Waals surface area contributed by atoms with E-state index in [0.717, 1.165) is 24.8 Å². The van der Waals surface area contributed by atoms with Crippen molar-refractivity contribution in [2.45, 2.75) is 18.8 Å². The quantitative estimate of drug-likeness (QED) is 0.570. The molecule has 1 heterocycles. The predicted octanol–water partition coefficient (Wildman–Crippen LogP) is 1.37. The van der Waals surface area contributed by atoms with Gasteiger partial charge in [-0.2, -0.15) is 0 Å². The first-order valence-corrected chi connectivity index (χ1v) is 4.17. The van der Waals surface area contributed by atoms with Crippen molar-refractivity contribution in [3.8, 4) is 0 Å². The van der Waals surface area contributed by atoms with Gasteiger partial charge in [-0.3, -0.25) is 0 Å². The van der Waals surface area contributed by atoms with Crippen molar-refractivity contribution in [2.75, 3.05) is 0 Å². The molecule has 0 aliphatic heterocycles. The average Bonchev–Trinajstić information content (AvgIpc) is 2.44. The smallest absolute Gasteiger partial charge is 0.129 e. The van der Waals surface area contributed by atoms with E-state index in [1.807, 2.05) is 5.51 Å². The van der Waals surface area contributed by atoms with Gasteiger partial charge < -0.3 is 4.79 Å². The van der Waals surface area contributed by atoms with Gasteiger partial charge in [-0.25, -0.2) is 4.98 Å². The zero-order valence-corrected chi connectivity index (χ0v) is 6.23. The summed E-state index contributed by atoms with van der Waals surface area (Å²) in [7, 11) is 0. The van der Waals surface area contributed by atoms with Gasteiger partial charge in [-0.05, 0) is 12.8 Å². The lowest BCUT2D eigenvalue weighted by Crippen LogP contribution is -1.93. The second kappa shape index (κ2) is 2.16. The molecule has 1 unspecified atom stereocenters. The molecule has 3 heteroatoms. The van der Waals surface area contributed by atoms with Gasteiger partial charge in [0.2, 0.25) is 0 Å². The van der Waals surface area contributed by atoms with E-state index < -0.39 is 0 Å². The summed E-state index contributed by atoms with van der Waals surface area (Å²) in [4.78, 5) is 15.9. The van der Waals surface area contributed by atoms with Crippen LogP contribution in [-0.4, -0.2) is 11.3 Å². The number of carbonyl (C=O) groups excluding carboxylic acids is 1. The molecule has 1 atom stereocenters. The molecule has 1 aromatic rings. The molecule has 10 heavy (non-hydrogen) atoms. The first kappa shape index (κ1) is 6.04. The number of aromatic nitrogens is 1. The van der Waals surface area contributed by atoms with Crippen LogP contribution in [0.5, 0.6) is 0 Å². The Morgan fingerprint density at radius 3 is 3.50 bits per heavy atom. The summed E-state index contributed by atoms with van der Waals surface area (Å²) >= 11 is 1.66. The molecule has 1 aliphatic rings. The van der Waals surface area contributed by atoms with E-state index in [1.165, 1.54) is 4.88 Å². The summed E-state index contributed by atoms with van der Waals surface area (Å²) in [6.45, 7) is 0. The number of hydrogen-bond acceptors (Lipinski definition) is 3. The van der Waals surface area contributed by atoms with Crippen LogP contribution in [0.25, 0.3) is 0 Å². The SMILES string of the molecule is O=CC1CCc2scnc21. The zero-order chi connectivity index (χ0) is 6.97. The lowest BCUT2D eigenvalue weighted by molar-refractivity contribution is -0.109. The van der Waals surface area contributed by atoms with Crippen LogP contribution < -0.4 is 0 Å². The fraction of sp³-hybridized carbons (Fsp3) is 0.429. The summed E-state index contributed by atoms with van der Waals surface area (Å²) in [6, 6.07) is 0. The number of rotatable bonds is 1. The Morgan fingerprint density at radius 1 is 1.80 bits per heavy atom. The molecule has 0 saturated heterocycles. The summed E-state index contributed by atoms with van der Waals surface area (Å²) < 4.78 is 0. The van der Waals surface area contributed by atoms with Crippen LogP contribution >= 0.6 is 11.3 Å². The van der Waals surface area contributed by atoms with Gasteiger partial charge in [-0.1, -0.05) is 0 Å². The molecular formula is C7H7NOS. The van der Waals surface area contributed by atoms with Crippen LogP contribution in [0.15, 0.2) is 5.51 Å². The number of nitrogens with zero attached hydrogens (tertiary/aromatic N) is 1. The Morgan fingerprint density at radius 2 is 2.70 bits per heavy atom. The third-order valence-corrected chi connectivity index (χ3v) is 2.78. The standard InChI is InChI=1S/C7H7NOS/c9-3-5-1-2-6-7(5)8-4-10-6/h3-5H,1-2H2. The van der Waals surface area contributed by atoms with Gasteiger partial charge in [0.25, 0.3) is 0 Å². The normalized spacial score (nSPS) is 22.6. The molecule has 0 fully saturated rings. The van der Waals surface area contributed by atoms with E-state index in [2.05, 4.69) is 4.98 Å². The summed E-state index contributed by atoms with van der Waals surface area (Å²) in [5.74, 6) is 0.0984. The number of carbonyl (C=O) groups is 1. The highest BCUT2D eigenvalue weighted by molar-refractivity contribution is 7.09. The predicted molar refractivity (Wildman–Crippen MR) is 39.2 cm³/mol. The number of aldehydes is 1. The van der Waals surface area contributed by atoms with Gasteiger partial charge in [0.05, 0.1) is 17.1 Å². The Hall–Kier alpha value is -0.700. The van der Waals surface area contributed by atoms with Crippen LogP contribution in [0.1, 0.15) is 22.9 Å². The van der Waals surface area contributed by atoms with E-state index in [4.69, 9.17) is 0 Å². The van der Waals surface area contributed by atoms with Gasteiger partial charge in [0, 0.05) is 4.88 Å². The van der Waals surface area contributed by atoms with Gasteiger partial charge in [-0.15, -0.1) is 11.3 Å². The molecular weight excluding hydrogens is 146 g/mol. The molecule has 0 amide bonds. The van der Waals surface area contributed by atoms with E-state index >= 15 is 0 Å². The molecule has 0 N–H and O–H groups in total. The number of thiazole rings is 1. The third-order valence-electron chi connectivity index (χ3n) is 1.87. The maximum Gasteiger partial charge on any atom is 0.129 e. The molecule has 1 aromatic heterocycles. The van der Waals surface area contributed by atoms with Crippen molar-refractivity contribution >= 4 is 17.6 Å². The summed E-state index contributed by atoms with van der Waals surface area (Å²) in [6.07, 6.45) is 3.02. The van der Waals surface area contributed by atoms with E-state index in [9.17, 15) is 4.79 Å². The Balaban J connectivity index is 2.43. The van der Waals surface area contributed by atoms with Crippen molar-refractivity contribution in [3.05, 3.63) is 16.1 Å². The van der Waals surface area contributed by atoms with Crippen molar-refractivity contribution in [3.63, 3.8) is 0 Å². The Kier molecular flexibility index (Phi) is 1.31. The van der Waals surface area contributed by atoms with Gasteiger partial charge >= 0.3 is 0 Å². The van der Waals surface area contributed by atoms with Crippen LogP contribution in [0, 0.1) is 0 Å². The summed E-state index contributed by atoms with van der Waals surface area (Å²) in [5, 5.41) is 0. The van der Waals surface area contributed by atoms with E-state index in [1.54, 1.807) is 11.3 Å². The van der Waals surface area contributed by atoms with Crippen molar-refractivity contribution in [2.24, 2.45) is 0 Å². The van der Waals surface area contributed by atoms with Gasteiger partial charge in [0.15, 0.2) is 0 Å². The average molecular weight is 153 g/mol. The molecule has 0 saturated carbocycles. The van der Waals surface area contributed by atoms with Crippen molar-refractivity contribution in [1.82, 2.24) is 4.98 Å². The monoisotopic (exact) mass is 153 g/mol. The molecule has 0 radical (unpaired) electrons. The second-order valence-corrected chi connectivity index (χ2v) is 3.38. The van der Waals surface area contributed by atoms with Crippen LogP contribution in [0.3, 0.4) is 0 Å².